The fourth-order valence-corrected chi connectivity index (χ4v) is 2.66. The number of fused-ring (bicyclic) bond motifs is 1. The third kappa shape index (κ3) is 3.51. The second-order valence-corrected chi connectivity index (χ2v) is 6.52. The first kappa shape index (κ1) is 18.9. The molecule has 0 aliphatic heterocycles. The molecule has 5 nitrogen and oxygen atoms in total. The van der Waals surface area contributed by atoms with E-state index < -0.39 is 23.0 Å². The molecule has 0 aliphatic rings. The van der Waals surface area contributed by atoms with Crippen molar-refractivity contribution < 1.29 is 17.9 Å². The Hall–Kier alpha value is -2.90. The Balaban J connectivity index is 2.40. The second kappa shape index (κ2) is 7.38. The van der Waals surface area contributed by atoms with Gasteiger partial charge in [-0.25, -0.2) is 23.1 Å². The van der Waals surface area contributed by atoms with Crippen LogP contribution in [0.3, 0.4) is 0 Å². The van der Waals surface area contributed by atoms with E-state index in [2.05, 4.69) is 20.3 Å². The Bertz CT molecular complexity index is 971. The molecule has 2 aromatic heterocycles. The summed E-state index contributed by atoms with van der Waals surface area (Å²) < 4.78 is 47.8. The molecular formula is C19H19F3N4O. The number of nitrogens with zero attached hydrogens (tertiary/aromatic N) is 3. The lowest BCUT2D eigenvalue weighted by Gasteiger charge is -2.23. The zero-order valence-corrected chi connectivity index (χ0v) is 15.3. The smallest absolute Gasteiger partial charge is 0.225 e. The van der Waals surface area contributed by atoms with Crippen molar-refractivity contribution in [1.29, 1.82) is 0 Å². The van der Waals surface area contributed by atoms with E-state index in [4.69, 9.17) is 4.74 Å². The van der Waals surface area contributed by atoms with Crippen LogP contribution in [-0.4, -0.2) is 28.1 Å². The third-order valence-corrected chi connectivity index (χ3v) is 4.41. The summed E-state index contributed by atoms with van der Waals surface area (Å²) in [4.78, 5) is 12.6. The van der Waals surface area contributed by atoms with Crippen LogP contribution in [0.25, 0.3) is 22.3 Å². The lowest BCUT2D eigenvalue weighted by atomic mass is 10.0. The molecule has 0 saturated heterocycles. The quantitative estimate of drug-likeness (QED) is 0.707. The molecule has 0 saturated carbocycles. The van der Waals surface area contributed by atoms with E-state index in [0.717, 1.165) is 0 Å². The average molecular weight is 376 g/mol. The molecule has 0 spiro atoms. The highest BCUT2D eigenvalue weighted by Gasteiger charge is 2.26. The highest BCUT2D eigenvalue weighted by atomic mass is 19.1. The number of halogens is 3. The molecule has 3 aromatic rings. The maximum absolute atomic E-state index is 14.6. The van der Waals surface area contributed by atoms with Crippen molar-refractivity contribution >= 4 is 16.9 Å². The predicted molar refractivity (Wildman–Crippen MR) is 97.1 cm³/mol. The van der Waals surface area contributed by atoms with E-state index in [1.807, 2.05) is 20.8 Å². The highest BCUT2D eigenvalue weighted by molar-refractivity contribution is 5.98. The van der Waals surface area contributed by atoms with Gasteiger partial charge in [-0.1, -0.05) is 13.8 Å². The lowest BCUT2D eigenvalue weighted by molar-refractivity contribution is 0.400. The molecule has 1 aromatic carbocycles. The van der Waals surface area contributed by atoms with Crippen molar-refractivity contribution in [3.63, 3.8) is 0 Å². The van der Waals surface area contributed by atoms with E-state index in [9.17, 15) is 13.2 Å². The van der Waals surface area contributed by atoms with Crippen LogP contribution >= 0.6 is 0 Å². The summed E-state index contributed by atoms with van der Waals surface area (Å²) in [6.07, 6.45) is 2.92. The van der Waals surface area contributed by atoms with Crippen molar-refractivity contribution in [2.45, 2.75) is 26.8 Å². The predicted octanol–water partition coefficient (Wildman–Crippen LogP) is 4.57. The molecule has 0 bridgehead atoms. The fraction of sp³-hybridized carbons (Fsp3) is 0.316. The Morgan fingerprint density at radius 3 is 2.19 bits per heavy atom. The number of hydrogen-bond donors (Lipinski definition) is 1. The van der Waals surface area contributed by atoms with Crippen molar-refractivity contribution in [3.05, 3.63) is 42.0 Å². The number of nitrogens with one attached hydrogen (secondary N) is 1. The molecule has 3 rings (SSSR count). The van der Waals surface area contributed by atoms with Crippen molar-refractivity contribution in [2.75, 3.05) is 12.4 Å². The zero-order chi connectivity index (χ0) is 19.7. The Labute approximate surface area is 154 Å². The molecule has 27 heavy (non-hydrogen) atoms. The van der Waals surface area contributed by atoms with Crippen molar-refractivity contribution in [2.24, 2.45) is 5.92 Å². The van der Waals surface area contributed by atoms with Gasteiger partial charge in [0, 0.05) is 30.6 Å². The molecule has 0 amide bonds. The van der Waals surface area contributed by atoms with Gasteiger partial charge < -0.3 is 10.1 Å². The zero-order valence-electron chi connectivity index (χ0n) is 15.3. The van der Waals surface area contributed by atoms with E-state index >= 15 is 0 Å². The molecular weight excluding hydrogens is 357 g/mol. The van der Waals surface area contributed by atoms with Crippen LogP contribution < -0.4 is 10.1 Å². The van der Waals surface area contributed by atoms with Crippen LogP contribution in [0.15, 0.2) is 24.5 Å². The van der Waals surface area contributed by atoms with Crippen molar-refractivity contribution in [1.82, 2.24) is 15.0 Å². The van der Waals surface area contributed by atoms with Crippen LogP contribution in [0.5, 0.6) is 5.88 Å². The van der Waals surface area contributed by atoms with Gasteiger partial charge in [-0.05, 0) is 12.8 Å². The summed E-state index contributed by atoms with van der Waals surface area (Å²) in [5.41, 5.74) is 0.527. The molecule has 0 fully saturated rings. The molecule has 1 atom stereocenters. The molecule has 0 aliphatic carbocycles. The van der Waals surface area contributed by atoms with E-state index in [0.29, 0.717) is 23.3 Å². The first-order valence-electron chi connectivity index (χ1n) is 8.43. The SMILES string of the molecule is COc1nc2nccnc2c(N[C@H](C)C(C)C)c1-c1c(F)cc(F)cc1F. The van der Waals surface area contributed by atoms with E-state index in [1.54, 1.807) is 0 Å². The minimum Gasteiger partial charge on any atom is -0.480 e. The molecule has 0 radical (unpaired) electrons. The first-order chi connectivity index (χ1) is 12.8. The standard InChI is InChI=1S/C19H19F3N4O/c1-9(2)10(3)25-16-15(14-12(21)7-11(20)8-13(14)22)19(27-4)26-18-17(16)23-5-6-24-18/h5-10H,1-4H3,(H,24,25,26)/t10-/m1/s1. The van der Waals surface area contributed by atoms with E-state index in [1.165, 1.54) is 19.5 Å². The van der Waals surface area contributed by atoms with Crippen LogP contribution in [-0.2, 0) is 0 Å². The van der Waals surface area contributed by atoms with Gasteiger partial charge in [-0.2, -0.15) is 4.98 Å². The fourth-order valence-electron chi connectivity index (χ4n) is 2.66. The summed E-state index contributed by atoms with van der Waals surface area (Å²) in [5, 5.41) is 3.25. The maximum Gasteiger partial charge on any atom is 0.225 e. The average Bonchev–Trinajstić information content (AvgIpc) is 2.61. The number of aromatic nitrogens is 3. The number of methoxy groups -OCH3 is 1. The van der Waals surface area contributed by atoms with Gasteiger partial charge in [0.15, 0.2) is 5.65 Å². The molecule has 2 heterocycles. The van der Waals surface area contributed by atoms with Gasteiger partial charge in [-0.3, -0.25) is 0 Å². The number of pyridine rings is 1. The molecule has 8 heteroatoms. The monoisotopic (exact) mass is 376 g/mol. The Kier molecular flexibility index (Phi) is 5.16. The van der Waals surface area contributed by atoms with Gasteiger partial charge in [0.05, 0.1) is 23.9 Å². The summed E-state index contributed by atoms with van der Waals surface area (Å²) in [7, 11) is 1.34. The highest BCUT2D eigenvalue weighted by Crippen LogP contribution is 2.42. The summed E-state index contributed by atoms with van der Waals surface area (Å²) in [6, 6.07) is 1.18. The second-order valence-electron chi connectivity index (χ2n) is 6.52. The topological polar surface area (TPSA) is 59.9 Å². The maximum atomic E-state index is 14.6. The molecule has 1 N–H and O–H groups in total. The number of anilines is 1. The minimum absolute atomic E-state index is 0.0352. The van der Waals surface area contributed by atoms with Gasteiger partial charge in [0.25, 0.3) is 0 Å². The number of ether oxygens (including phenoxy) is 1. The van der Waals surface area contributed by atoms with Crippen LogP contribution in [0.2, 0.25) is 0 Å². The normalized spacial score (nSPS) is 12.4. The first-order valence-corrected chi connectivity index (χ1v) is 8.43. The number of rotatable bonds is 5. The lowest BCUT2D eigenvalue weighted by Crippen LogP contribution is -2.22. The Morgan fingerprint density at radius 2 is 1.59 bits per heavy atom. The Morgan fingerprint density at radius 1 is 0.963 bits per heavy atom. The van der Waals surface area contributed by atoms with Gasteiger partial charge >= 0.3 is 0 Å². The van der Waals surface area contributed by atoms with Crippen LogP contribution in [0.4, 0.5) is 18.9 Å². The summed E-state index contributed by atoms with van der Waals surface area (Å²) >= 11 is 0. The van der Waals surface area contributed by atoms with Gasteiger partial charge in [-0.15, -0.1) is 0 Å². The van der Waals surface area contributed by atoms with Gasteiger partial charge in [0.2, 0.25) is 5.88 Å². The van der Waals surface area contributed by atoms with Gasteiger partial charge in [0.1, 0.15) is 23.0 Å². The molecule has 0 unspecified atom stereocenters. The largest absolute Gasteiger partial charge is 0.480 e. The molecule has 142 valence electrons. The minimum atomic E-state index is -1.06. The van der Waals surface area contributed by atoms with Crippen molar-refractivity contribution in [3.8, 4) is 17.0 Å². The summed E-state index contributed by atoms with van der Waals surface area (Å²) in [5.74, 6) is -2.95. The van der Waals surface area contributed by atoms with Crippen LogP contribution in [0.1, 0.15) is 20.8 Å². The third-order valence-electron chi connectivity index (χ3n) is 4.41. The number of benzene rings is 1. The van der Waals surface area contributed by atoms with E-state index in [-0.39, 0.29) is 29.1 Å². The van der Waals surface area contributed by atoms with Crippen LogP contribution in [0, 0.1) is 23.4 Å². The number of hydrogen-bond acceptors (Lipinski definition) is 5. The summed E-state index contributed by atoms with van der Waals surface area (Å²) in [6.45, 7) is 5.94.